The second-order valence-electron chi connectivity index (χ2n) is 8.23. The zero-order valence-corrected chi connectivity index (χ0v) is 20.1. The first kappa shape index (κ1) is 22.7. The highest BCUT2D eigenvalue weighted by molar-refractivity contribution is 7.17. The van der Waals surface area contributed by atoms with E-state index < -0.39 is 5.82 Å². The fourth-order valence-electron chi connectivity index (χ4n) is 4.22. The van der Waals surface area contributed by atoms with Crippen LogP contribution in [0.1, 0.15) is 31.3 Å². The maximum Gasteiger partial charge on any atom is 0.276 e. The van der Waals surface area contributed by atoms with Crippen molar-refractivity contribution in [3.05, 3.63) is 94.2 Å². The van der Waals surface area contributed by atoms with E-state index in [9.17, 15) is 14.0 Å². The number of carbonyl (C=O) groups is 2. The number of para-hydroxylation sites is 2. The molecule has 0 aliphatic carbocycles. The molecule has 0 spiro atoms. The van der Waals surface area contributed by atoms with Gasteiger partial charge in [0.15, 0.2) is 0 Å². The minimum atomic E-state index is -0.466. The standard InChI is InChI=1S/C27H23FN4O2S/c1-16-7-5-9-19(28)24(16)31-26(33)22-15-17-13-14-32(21-11-4-3-8-18(21)25(17)35-22)27(34)20-10-6-12-23(29-2)30-20/h3-12,15H,13-14H2,1-2H3,(H,29,30)(H,31,33). The highest BCUT2D eigenvalue weighted by atomic mass is 32.1. The molecule has 2 aromatic heterocycles. The van der Waals surface area contributed by atoms with Gasteiger partial charge in [0.05, 0.1) is 16.3 Å². The van der Waals surface area contributed by atoms with Crippen molar-refractivity contribution in [3.8, 4) is 10.4 Å². The fraction of sp³-hybridized carbons (Fsp3) is 0.148. The van der Waals surface area contributed by atoms with Crippen molar-refractivity contribution in [1.82, 2.24) is 4.98 Å². The second-order valence-corrected chi connectivity index (χ2v) is 9.29. The molecule has 0 bridgehead atoms. The molecule has 6 nitrogen and oxygen atoms in total. The van der Waals surface area contributed by atoms with Crippen LogP contribution in [0.25, 0.3) is 10.4 Å². The number of amides is 2. The van der Waals surface area contributed by atoms with E-state index in [2.05, 4.69) is 15.6 Å². The van der Waals surface area contributed by atoms with Crippen molar-refractivity contribution in [3.63, 3.8) is 0 Å². The zero-order chi connectivity index (χ0) is 24.5. The number of pyridine rings is 1. The fourth-order valence-corrected chi connectivity index (χ4v) is 5.36. The molecule has 0 saturated heterocycles. The van der Waals surface area contributed by atoms with Crippen molar-refractivity contribution in [2.45, 2.75) is 13.3 Å². The number of carbonyl (C=O) groups excluding carboxylic acids is 2. The van der Waals surface area contributed by atoms with Crippen LogP contribution >= 0.6 is 11.3 Å². The molecule has 8 heteroatoms. The first-order chi connectivity index (χ1) is 17.0. The van der Waals surface area contributed by atoms with E-state index in [-0.39, 0.29) is 17.5 Å². The number of nitrogens with one attached hydrogen (secondary N) is 2. The number of aryl methyl sites for hydroxylation is 1. The summed E-state index contributed by atoms with van der Waals surface area (Å²) in [4.78, 5) is 34.0. The summed E-state index contributed by atoms with van der Waals surface area (Å²) in [5.74, 6) is -0.377. The van der Waals surface area contributed by atoms with Crippen molar-refractivity contribution in [2.75, 3.05) is 29.1 Å². The molecular weight excluding hydrogens is 463 g/mol. The lowest BCUT2D eigenvalue weighted by molar-refractivity contribution is 0.0981. The highest BCUT2D eigenvalue weighted by Crippen LogP contribution is 2.42. The molecule has 2 N–H and O–H groups in total. The number of benzene rings is 2. The lowest BCUT2D eigenvalue weighted by Gasteiger charge is -2.22. The summed E-state index contributed by atoms with van der Waals surface area (Å²) in [6.07, 6.45) is 0.573. The third-order valence-corrected chi connectivity index (χ3v) is 7.22. The molecule has 176 valence electrons. The Bertz CT molecular complexity index is 1430. The molecule has 0 saturated carbocycles. The summed E-state index contributed by atoms with van der Waals surface area (Å²) in [7, 11) is 1.76. The number of aromatic nitrogens is 1. The highest BCUT2D eigenvalue weighted by Gasteiger charge is 2.28. The number of thiophene rings is 1. The predicted octanol–water partition coefficient (Wildman–Crippen LogP) is 5.75. The molecule has 4 aromatic rings. The van der Waals surface area contributed by atoms with Gasteiger partial charge in [0.2, 0.25) is 0 Å². The average molecular weight is 487 g/mol. The number of fused-ring (bicyclic) bond motifs is 3. The Kier molecular flexibility index (Phi) is 6.05. The number of anilines is 3. The van der Waals surface area contributed by atoms with Crippen LogP contribution in [0.2, 0.25) is 0 Å². The number of hydrogen-bond acceptors (Lipinski definition) is 5. The van der Waals surface area contributed by atoms with Crippen molar-refractivity contribution in [1.29, 1.82) is 0 Å². The smallest absolute Gasteiger partial charge is 0.276 e. The lowest BCUT2D eigenvalue weighted by Crippen LogP contribution is -2.33. The summed E-state index contributed by atoms with van der Waals surface area (Å²) in [5.41, 5.74) is 3.83. The van der Waals surface area contributed by atoms with Crippen molar-refractivity contribution >= 4 is 40.3 Å². The van der Waals surface area contributed by atoms with Crippen LogP contribution in [0.4, 0.5) is 21.6 Å². The number of hydrogen-bond donors (Lipinski definition) is 2. The maximum atomic E-state index is 14.3. The SMILES string of the molecule is CNc1cccc(C(=O)N2CCc3cc(C(=O)Nc4c(C)cccc4F)sc3-c3ccccc32)n1. The van der Waals surface area contributed by atoms with Gasteiger partial charge in [-0.1, -0.05) is 36.4 Å². The van der Waals surface area contributed by atoms with Gasteiger partial charge in [-0.25, -0.2) is 9.37 Å². The molecule has 1 aliphatic rings. The Morgan fingerprint density at radius 2 is 1.86 bits per heavy atom. The van der Waals surface area contributed by atoms with E-state index in [1.807, 2.05) is 30.3 Å². The van der Waals surface area contributed by atoms with Crippen LogP contribution in [0, 0.1) is 12.7 Å². The van der Waals surface area contributed by atoms with E-state index >= 15 is 0 Å². The molecule has 0 radical (unpaired) electrons. The maximum absolute atomic E-state index is 14.3. The van der Waals surface area contributed by atoms with Crippen LogP contribution in [-0.2, 0) is 6.42 Å². The molecule has 35 heavy (non-hydrogen) atoms. The van der Waals surface area contributed by atoms with Gasteiger partial charge in [-0.3, -0.25) is 9.59 Å². The number of rotatable bonds is 4. The van der Waals surface area contributed by atoms with Crippen LogP contribution in [0.5, 0.6) is 0 Å². The third kappa shape index (κ3) is 4.28. The van der Waals surface area contributed by atoms with Gasteiger partial charge in [-0.2, -0.15) is 0 Å². The molecule has 2 aromatic carbocycles. The molecule has 0 unspecified atom stereocenters. The lowest BCUT2D eigenvalue weighted by atomic mass is 10.1. The second kappa shape index (κ2) is 9.31. The zero-order valence-electron chi connectivity index (χ0n) is 19.3. The van der Waals surface area contributed by atoms with Gasteiger partial charge >= 0.3 is 0 Å². The minimum Gasteiger partial charge on any atom is -0.373 e. The molecule has 1 aliphatic heterocycles. The molecule has 0 atom stereocenters. The van der Waals surface area contributed by atoms with Crippen molar-refractivity contribution in [2.24, 2.45) is 0 Å². The Morgan fingerprint density at radius 1 is 1.06 bits per heavy atom. The van der Waals surface area contributed by atoms with E-state index in [1.165, 1.54) is 17.4 Å². The van der Waals surface area contributed by atoms with Gasteiger partial charge in [0, 0.05) is 24.0 Å². The average Bonchev–Trinajstić information content (AvgIpc) is 3.24. The van der Waals surface area contributed by atoms with Crippen LogP contribution < -0.4 is 15.5 Å². The van der Waals surface area contributed by atoms with E-state index in [0.29, 0.717) is 34.9 Å². The monoisotopic (exact) mass is 486 g/mol. The molecule has 0 fully saturated rings. The molecule has 3 heterocycles. The summed E-state index contributed by atoms with van der Waals surface area (Å²) >= 11 is 1.35. The largest absolute Gasteiger partial charge is 0.373 e. The molecule has 2 amide bonds. The quantitative estimate of drug-likeness (QED) is 0.385. The number of nitrogens with zero attached hydrogens (tertiary/aromatic N) is 2. The molecule has 5 rings (SSSR count). The third-order valence-electron chi connectivity index (χ3n) is 6.01. The summed E-state index contributed by atoms with van der Waals surface area (Å²) in [6.45, 7) is 2.20. The molecular formula is C27H23FN4O2S. The van der Waals surface area contributed by atoms with Crippen LogP contribution in [0.15, 0.2) is 66.7 Å². The van der Waals surface area contributed by atoms with E-state index in [0.717, 1.165) is 21.7 Å². The van der Waals surface area contributed by atoms with Crippen LogP contribution in [0.3, 0.4) is 0 Å². The Labute approximate surface area is 206 Å². The van der Waals surface area contributed by atoms with Gasteiger partial charge < -0.3 is 15.5 Å². The summed E-state index contributed by atoms with van der Waals surface area (Å²) in [5, 5.41) is 5.69. The van der Waals surface area contributed by atoms with E-state index in [1.54, 1.807) is 49.2 Å². The van der Waals surface area contributed by atoms with Gasteiger partial charge in [0.1, 0.15) is 17.3 Å². The van der Waals surface area contributed by atoms with Gasteiger partial charge in [0.25, 0.3) is 11.8 Å². The van der Waals surface area contributed by atoms with Gasteiger partial charge in [-0.05, 0) is 54.8 Å². The topological polar surface area (TPSA) is 74.3 Å². The Hall–Kier alpha value is -4.04. The Balaban J connectivity index is 1.49. The van der Waals surface area contributed by atoms with Crippen molar-refractivity contribution < 1.29 is 14.0 Å². The number of halogens is 1. The normalized spacial score (nSPS) is 12.4. The summed E-state index contributed by atoms with van der Waals surface area (Å²) in [6, 6.07) is 19.5. The Morgan fingerprint density at radius 3 is 2.66 bits per heavy atom. The summed E-state index contributed by atoms with van der Waals surface area (Å²) < 4.78 is 14.3. The van der Waals surface area contributed by atoms with Gasteiger partial charge in [-0.15, -0.1) is 11.3 Å². The predicted molar refractivity (Wildman–Crippen MR) is 138 cm³/mol. The first-order valence-corrected chi connectivity index (χ1v) is 12.0. The van der Waals surface area contributed by atoms with Crippen LogP contribution in [-0.4, -0.2) is 30.4 Å². The minimum absolute atomic E-state index is 0.183. The van der Waals surface area contributed by atoms with E-state index in [4.69, 9.17) is 0 Å². The first-order valence-electron chi connectivity index (χ1n) is 11.2.